The summed E-state index contributed by atoms with van der Waals surface area (Å²) in [5.41, 5.74) is 7.46. The van der Waals surface area contributed by atoms with Crippen molar-refractivity contribution in [3.8, 4) is 0 Å². The summed E-state index contributed by atoms with van der Waals surface area (Å²) in [7, 11) is 0. The number of pyridine rings is 1. The van der Waals surface area contributed by atoms with E-state index in [4.69, 9.17) is 5.73 Å². The number of carbonyl (C=O) groups is 1. The average Bonchev–Trinajstić information content (AvgIpc) is 2.86. The maximum Gasteiger partial charge on any atom is 0.277 e. The summed E-state index contributed by atoms with van der Waals surface area (Å²) >= 11 is 0. The highest BCUT2D eigenvalue weighted by Gasteiger charge is 2.24. The number of aryl methyl sites for hydroxylation is 1. The monoisotopic (exact) mass is 287 g/mol. The number of nitrogens with two attached hydrogens (primary N) is 1. The third kappa shape index (κ3) is 3.39. The van der Waals surface area contributed by atoms with Crippen LogP contribution < -0.4 is 5.73 Å². The van der Waals surface area contributed by atoms with Gasteiger partial charge in [-0.15, -0.1) is 0 Å². The second kappa shape index (κ2) is 6.39. The lowest BCUT2D eigenvalue weighted by Crippen LogP contribution is -2.37. The summed E-state index contributed by atoms with van der Waals surface area (Å²) in [6.45, 7) is 7.01. The molecule has 0 aromatic carbocycles. The summed E-state index contributed by atoms with van der Waals surface area (Å²) in [4.78, 5) is 18.7. The van der Waals surface area contributed by atoms with Crippen LogP contribution in [-0.2, 0) is 13.1 Å². The molecule has 0 radical (unpaired) electrons. The van der Waals surface area contributed by atoms with Gasteiger partial charge in [0, 0.05) is 25.0 Å². The zero-order valence-electron chi connectivity index (χ0n) is 12.7. The Balaban J connectivity index is 2.25. The first-order valence-corrected chi connectivity index (χ1v) is 7.06. The number of hydrogen-bond acceptors (Lipinski definition) is 4. The van der Waals surface area contributed by atoms with Crippen LogP contribution in [0.2, 0.25) is 0 Å². The van der Waals surface area contributed by atoms with Gasteiger partial charge < -0.3 is 10.6 Å². The molecule has 0 aliphatic heterocycles. The third-order valence-corrected chi connectivity index (χ3v) is 3.26. The molecule has 21 heavy (non-hydrogen) atoms. The van der Waals surface area contributed by atoms with Crippen molar-refractivity contribution in [1.82, 2.24) is 19.7 Å². The highest BCUT2D eigenvalue weighted by Crippen LogP contribution is 2.16. The normalized spacial score (nSPS) is 10.9. The fourth-order valence-electron chi connectivity index (χ4n) is 2.06. The molecular formula is C15H21N5O. The number of rotatable bonds is 5. The molecule has 2 heterocycles. The zero-order chi connectivity index (χ0) is 15.4. The van der Waals surface area contributed by atoms with Gasteiger partial charge in [-0.2, -0.15) is 5.10 Å². The maximum absolute atomic E-state index is 12.7. The third-order valence-electron chi connectivity index (χ3n) is 3.26. The summed E-state index contributed by atoms with van der Waals surface area (Å²) in [6, 6.07) is 5.69. The van der Waals surface area contributed by atoms with Crippen LogP contribution in [0.25, 0.3) is 0 Å². The lowest BCUT2D eigenvalue weighted by atomic mass is 10.2. The van der Waals surface area contributed by atoms with Gasteiger partial charge in [0.05, 0.1) is 17.9 Å². The zero-order valence-corrected chi connectivity index (χ0v) is 12.7. The van der Waals surface area contributed by atoms with Gasteiger partial charge in [0.2, 0.25) is 0 Å². The van der Waals surface area contributed by atoms with E-state index < -0.39 is 0 Å². The van der Waals surface area contributed by atoms with Crippen molar-refractivity contribution in [2.45, 2.75) is 39.9 Å². The van der Waals surface area contributed by atoms with E-state index in [9.17, 15) is 4.79 Å². The van der Waals surface area contributed by atoms with Crippen LogP contribution in [0.1, 0.15) is 37.0 Å². The van der Waals surface area contributed by atoms with Crippen LogP contribution >= 0.6 is 0 Å². The van der Waals surface area contributed by atoms with Gasteiger partial charge in [-0.3, -0.25) is 14.5 Å². The number of hydrogen-bond donors (Lipinski definition) is 1. The molecule has 1 amide bonds. The molecule has 6 heteroatoms. The van der Waals surface area contributed by atoms with Crippen molar-refractivity contribution in [2.24, 2.45) is 0 Å². The quantitative estimate of drug-likeness (QED) is 0.911. The van der Waals surface area contributed by atoms with Gasteiger partial charge in [0.25, 0.3) is 5.91 Å². The second-order valence-corrected chi connectivity index (χ2v) is 5.14. The van der Waals surface area contributed by atoms with Gasteiger partial charge in [-0.05, 0) is 32.9 Å². The molecule has 2 rings (SSSR count). The average molecular weight is 287 g/mol. The lowest BCUT2D eigenvalue weighted by molar-refractivity contribution is 0.0682. The first-order chi connectivity index (χ1) is 10.0. The van der Waals surface area contributed by atoms with Crippen molar-refractivity contribution >= 4 is 11.6 Å². The molecule has 112 valence electrons. The first kappa shape index (κ1) is 15.0. The molecule has 0 fully saturated rings. The molecule has 0 bridgehead atoms. The Labute approximate surface area is 124 Å². The van der Waals surface area contributed by atoms with E-state index in [1.54, 1.807) is 22.0 Å². The Morgan fingerprint density at radius 3 is 2.71 bits per heavy atom. The Kier molecular flexibility index (Phi) is 4.57. The Bertz CT molecular complexity index is 606. The number of carbonyl (C=O) groups excluding carboxylic acids is 1. The Morgan fingerprint density at radius 1 is 1.43 bits per heavy atom. The van der Waals surface area contributed by atoms with E-state index in [1.165, 1.54) is 0 Å². The van der Waals surface area contributed by atoms with Crippen molar-refractivity contribution in [3.63, 3.8) is 0 Å². The van der Waals surface area contributed by atoms with E-state index in [2.05, 4.69) is 10.1 Å². The van der Waals surface area contributed by atoms with Gasteiger partial charge in [-0.25, -0.2) is 0 Å². The predicted molar refractivity (Wildman–Crippen MR) is 81.6 cm³/mol. The van der Waals surface area contributed by atoms with Gasteiger partial charge in [-0.1, -0.05) is 6.07 Å². The molecule has 0 saturated heterocycles. The number of nitrogens with zero attached hydrogens (tertiary/aromatic N) is 4. The van der Waals surface area contributed by atoms with Gasteiger partial charge >= 0.3 is 0 Å². The SMILES string of the molecule is CCn1cc(N)c(C(=O)N(Cc2ccccn2)C(C)C)n1. The molecule has 0 spiro atoms. The fourth-order valence-corrected chi connectivity index (χ4v) is 2.06. The van der Waals surface area contributed by atoms with Crippen LogP contribution in [0, 0.1) is 0 Å². The molecule has 0 unspecified atom stereocenters. The summed E-state index contributed by atoms with van der Waals surface area (Å²) in [6.07, 6.45) is 3.41. The molecule has 6 nitrogen and oxygen atoms in total. The summed E-state index contributed by atoms with van der Waals surface area (Å²) in [5.74, 6) is -0.166. The van der Waals surface area contributed by atoms with E-state index in [0.29, 0.717) is 24.5 Å². The van der Waals surface area contributed by atoms with Crippen LogP contribution in [-0.4, -0.2) is 31.6 Å². The van der Waals surface area contributed by atoms with Gasteiger partial charge in [0.15, 0.2) is 5.69 Å². The summed E-state index contributed by atoms with van der Waals surface area (Å²) < 4.78 is 1.67. The minimum Gasteiger partial charge on any atom is -0.396 e. The van der Waals surface area contributed by atoms with E-state index in [1.807, 2.05) is 39.0 Å². The number of nitrogen functional groups attached to an aromatic ring is 1. The largest absolute Gasteiger partial charge is 0.396 e. The second-order valence-electron chi connectivity index (χ2n) is 5.14. The molecule has 0 aliphatic carbocycles. The van der Waals surface area contributed by atoms with Crippen molar-refractivity contribution in [3.05, 3.63) is 42.0 Å². The molecule has 0 atom stereocenters. The van der Waals surface area contributed by atoms with Crippen molar-refractivity contribution in [2.75, 3.05) is 5.73 Å². The molecule has 2 aromatic heterocycles. The standard InChI is InChI=1S/C15H21N5O/c1-4-19-10-13(16)14(18-19)15(21)20(11(2)3)9-12-7-5-6-8-17-12/h5-8,10-11H,4,9,16H2,1-3H3. The molecule has 0 saturated carbocycles. The highest BCUT2D eigenvalue weighted by atomic mass is 16.2. The molecular weight excluding hydrogens is 266 g/mol. The predicted octanol–water partition coefficient (Wildman–Crippen LogP) is 1.93. The van der Waals surface area contributed by atoms with E-state index in [0.717, 1.165) is 5.69 Å². The molecule has 2 aromatic rings. The topological polar surface area (TPSA) is 77.0 Å². The molecule has 2 N–H and O–H groups in total. The minimum absolute atomic E-state index is 0.0330. The smallest absolute Gasteiger partial charge is 0.277 e. The lowest BCUT2D eigenvalue weighted by Gasteiger charge is -2.25. The minimum atomic E-state index is -0.166. The fraction of sp³-hybridized carbons (Fsp3) is 0.400. The highest BCUT2D eigenvalue weighted by molar-refractivity contribution is 5.97. The number of aromatic nitrogens is 3. The van der Waals surface area contributed by atoms with Crippen LogP contribution in [0.15, 0.2) is 30.6 Å². The van der Waals surface area contributed by atoms with Crippen LogP contribution in [0.3, 0.4) is 0 Å². The molecule has 0 aliphatic rings. The van der Waals surface area contributed by atoms with E-state index >= 15 is 0 Å². The van der Waals surface area contributed by atoms with E-state index in [-0.39, 0.29) is 11.9 Å². The first-order valence-electron chi connectivity index (χ1n) is 7.06. The number of anilines is 1. The Morgan fingerprint density at radius 2 is 2.19 bits per heavy atom. The van der Waals surface area contributed by atoms with Crippen molar-refractivity contribution < 1.29 is 4.79 Å². The Hall–Kier alpha value is -2.37. The summed E-state index contributed by atoms with van der Waals surface area (Å²) in [5, 5.41) is 4.25. The number of amides is 1. The van der Waals surface area contributed by atoms with Crippen molar-refractivity contribution in [1.29, 1.82) is 0 Å². The van der Waals surface area contributed by atoms with Crippen LogP contribution in [0.5, 0.6) is 0 Å². The van der Waals surface area contributed by atoms with Gasteiger partial charge in [0.1, 0.15) is 0 Å². The maximum atomic E-state index is 12.7. The van der Waals surface area contributed by atoms with Crippen LogP contribution in [0.4, 0.5) is 5.69 Å².